The van der Waals surface area contributed by atoms with Crippen molar-refractivity contribution in [2.24, 2.45) is 17.6 Å². The van der Waals surface area contributed by atoms with Crippen LogP contribution >= 0.6 is 0 Å². The number of hydrogen-bond acceptors (Lipinski definition) is 10. The zero-order valence-corrected chi connectivity index (χ0v) is 35.0. The van der Waals surface area contributed by atoms with Gasteiger partial charge in [-0.1, -0.05) is 0 Å². The molecule has 0 heterocycles. The Bertz CT molecular complexity index is 1290. The number of phenols is 1. The van der Waals surface area contributed by atoms with Crippen LogP contribution in [0.5, 0.6) is 5.75 Å². The Hall–Kier alpha value is -0.137. The van der Waals surface area contributed by atoms with Gasteiger partial charge in [-0.25, -0.2) is 0 Å². The maximum absolute atomic E-state index is 13.9. The number of rotatable bonds is 5. The van der Waals surface area contributed by atoms with Gasteiger partial charge in [0.15, 0.2) is 0 Å². The molecule has 3 aliphatic rings. The van der Waals surface area contributed by atoms with E-state index in [1.165, 1.54) is 4.90 Å². The van der Waals surface area contributed by atoms with Crippen LogP contribution in [0.1, 0.15) is 27.9 Å². The standard InChI is InChI=1S/C24H28N4O7.Ra.Rb.H/c1-27(2)13-7-10(8-25)18(29)15-11(13)5-9-6-12-17(28(3)4)20(31)16(23(26)34)22(33)24(12,35)21(32)14(9)19(15)30;;;/h7,9,12,17,29,31-32,35H,5-6,8H2,1-4H3,(H2,26,34);;;/t9?,12?,17-,24-;;;/m0.../s1. The second kappa shape index (κ2) is 10.7. The van der Waals surface area contributed by atoms with Crippen LogP contribution in [0, 0.1) is 55.0 Å². The number of aliphatic hydroxyl groups excluding tert-OH is 2. The molecule has 6 N–H and O–H groups in total. The molecule has 0 fully saturated rings. The summed E-state index contributed by atoms with van der Waals surface area (Å²) in [6, 6.07) is 0.893. The third kappa shape index (κ3) is 4.67. The summed E-state index contributed by atoms with van der Waals surface area (Å²) in [6.45, 7) is 0.545. The first-order chi connectivity index (χ1) is 17.1. The third-order valence-electron chi connectivity index (χ3n) is 7.75. The molecule has 3 aliphatic carbocycles. The fraction of sp³-hybridized carbons (Fsp3) is 0.458. The molecular weight excluding hydrogens is 768 g/mol. The minimum atomic E-state index is -2.63. The Morgan fingerprint density at radius 1 is 1.22 bits per heavy atom. The van der Waals surface area contributed by atoms with E-state index in [1.807, 2.05) is 25.1 Å². The van der Waals surface area contributed by atoms with Crippen molar-refractivity contribution in [3.63, 3.8) is 0 Å². The van der Waals surface area contributed by atoms with Crippen LogP contribution in [0.25, 0.3) is 0 Å². The van der Waals surface area contributed by atoms with Crippen molar-refractivity contribution in [2.45, 2.75) is 31.0 Å². The van der Waals surface area contributed by atoms with Crippen LogP contribution in [-0.2, 0) is 22.6 Å². The summed E-state index contributed by atoms with van der Waals surface area (Å²) in [5, 5.41) is 45.2. The van der Waals surface area contributed by atoms with Crippen LogP contribution in [-0.4, -0.2) is 133 Å². The average molecular weight is 797 g/mol. The first kappa shape index (κ1) is 29.8. The van der Waals surface area contributed by atoms with E-state index in [0.717, 1.165) is 5.69 Å². The Morgan fingerprint density at radius 2 is 1.84 bits per heavy atom. The molecule has 190 valence electrons. The zero-order valence-electron chi connectivity index (χ0n) is 21.9. The number of Topliss-reactive ketones (excluding diaryl/α,β-unsaturated/α-hetero) is 2. The summed E-state index contributed by atoms with van der Waals surface area (Å²) in [5.41, 5.74) is 3.91. The van der Waals surface area contributed by atoms with E-state index in [2.05, 4.69) is -5.82 Å². The van der Waals surface area contributed by atoms with Gasteiger partial charge in [0.05, 0.1) is 0 Å². The molecule has 0 saturated carbocycles. The molecule has 37 heavy (non-hydrogen) atoms. The van der Waals surface area contributed by atoms with E-state index in [4.69, 9.17) is 5.73 Å². The Morgan fingerprint density at radius 3 is 2.35 bits per heavy atom. The molecule has 2 unspecified atom stereocenters. The van der Waals surface area contributed by atoms with E-state index in [1.54, 1.807) is 14.1 Å². The molecular formula is C24H29N4O7RaRb. The number of aliphatic hydroxyl groups is 3. The molecule has 0 aliphatic heterocycles. The predicted octanol–water partition coefficient (Wildman–Crippen LogP) is -0.731. The molecule has 4 atom stereocenters. The Kier molecular flexibility index (Phi) is 8.62. The molecule has 4 rings (SSSR count). The van der Waals surface area contributed by atoms with Gasteiger partial charge in [0.25, 0.3) is 0 Å². The molecule has 0 aromatic heterocycles. The Labute approximate surface area is 284 Å². The van der Waals surface area contributed by atoms with Gasteiger partial charge < -0.3 is 10.8 Å². The van der Waals surface area contributed by atoms with E-state index < -0.39 is 58.0 Å². The zero-order chi connectivity index (χ0) is 27.7. The average Bonchev–Trinajstić information content (AvgIpc) is 2.77. The summed E-state index contributed by atoms with van der Waals surface area (Å²) >= 11 is 0.364. The Balaban J connectivity index is 1.98. The molecule has 0 spiro atoms. The fourth-order valence-electron chi connectivity index (χ4n) is 6.21. The van der Waals surface area contributed by atoms with Gasteiger partial charge in [-0.15, -0.1) is 0 Å². The summed E-state index contributed by atoms with van der Waals surface area (Å²) in [5.74, 6) is -6.32. The number of carbonyl (C=O) groups excluding carboxylic acids is 3. The van der Waals surface area contributed by atoms with Crippen LogP contribution in [0.2, 0.25) is 0 Å². The SMILES string of the molecule is CN(C)c1cc(C[N]([Rb])[RaH])c(O)c2c1CC1CC3[C@H](N(C)C)C(O)=C(C(N)=O)C(=O)[C@@]3(O)C(O)=C1C2=O. The predicted molar refractivity (Wildman–Crippen MR) is 131 cm³/mol. The monoisotopic (exact) mass is 796 g/mol. The van der Waals surface area contributed by atoms with Crippen molar-refractivity contribution in [1.29, 1.82) is 0 Å². The number of anilines is 1. The molecule has 0 radical (unpaired) electrons. The number of phenolic OH excluding ortho intramolecular Hbond substituents is 1. The third-order valence-corrected chi connectivity index (χ3v) is 9.82. The molecule has 1 aromatic carbocycles. The molecule has 11 nitrogen and oxygen atoms in total. The summed E-state index contributed by atoms with van der Waals surface area (Å²) in [6.07, 6.45) is 0.347. The number of allylic oxidation sites excluding steroid dienone is 1. The number of hydrogen-bond donors (Lipinski definition) is 5. The first-order valence-corrected chi connectivity index (χ1v) is 17.9. The van der Waals surface area contributed by atoms with Crippen molar-refractivity contribution in [3.8, 4) is 5.75 Å². The molecule has 0 saturated heterocycles. The van der Waals surface area contributed by atoms with Crippen LogP contribution in [0.15, 0.2) is 28.7 Å². The van der Waals surface area contributed by atoms with Crippen LogP contribution in [0.4, 0.5) is 5.69 Å². The van der Waals surface area contributed by atoms with E-state index in [-0.39, 0.29) is 129 Å². The van der Waals surface area contributed by atoms with Gasteiger partial charge >= 0.3 is 259 Å². The van der Waals surface area contributed by atoms with Crippen molar-refractivity contribution >= 4 is 79.2 Å². The van der Waals surface area contributed by atoms with E-state index in [9.17, 15) is 34.8 Å². The fourth-order valence-corrected chi connectivity index (χ4v) is 8.45. The number of amides is 1. The molecule has 13 heteroatoms. The summed E-state index contributed by atoms with van der Waals surface area (Å²) in [7, 11) is 6.93. The normalized spacial score (nSPS) is 27.4. The number of likely N-dealkylation sites (N-methyl/N-ethyl adjacent to an activating group) is 1. The van der Waals surface area contributed by atoms with Gasteiger partial charge in [-0.3, -0.25) is 4.79 Å². The minimum absolute atomic E-state index is 0.0663. The number of ketones is 2. The second-order valence-electron chi connectivity index (χ2n) is 10.9. The number of fused-ring (bicyclic) bond motifs is 3. The van der Waals surface area contributed by atoms with Crippen LogP contribution < -0.4 is 10.6 Å². The van der Waals surface area contributed by atoms with Crippen molar-refractivity contribution in [3.05, 3.63) is 45.4 Å². The first-order valence-electron chi connectivity index (χ1n) is 12.0. The van der Waals surface area contributed by atoms with Gasteiger partial charge in [0.2, 0.25) is 0 Å². The van der Waals surface area contributed by atoms with Gasteiger partial charge in [0.1, 0.15) is 0 Å². The summed E-state index contributed by atoms with van der Waals surface area (Å²) in [4.78, 5) is 42.9. The van der Waals surface area contributed by atoms with Crippen molar-refractivity contribution < 1.29 is 78.0 Å². The number of primary amides is 1. The van der Waals surface area contributed by atoms with Crippen molar-refractivity contribution in [2.75, 3.05) is 33.1 Å². The quantitative estimate of drug-likeness (QED) is 0.240. The maximum atomic E-state index is 13.9. The molecule has 1 amide bonds. The van der Waals surface area contributed by atoms with Gasteiger partial charge in [0, 0.05) is 0 Å². The van der Waals surface area contributed by atoms with Gasteiger partial charge in [-0.2, -0.15) is 0 Å². The number of aromatic hydroxyl groups is 1. The van der Waals surface area contributed by atoms with E-state index >= 15 is 0 Å². The number of nitrogens with zero attached hydrogens (tertiary/aromatic N) is 3. The topological polar surface area (TPSA) is 168 Å². The van der Waals surface area contributed by atoms with Crippen molar-refractivity contribution in [1.82, 2.24) is -0.925 Å². The summed E-state index contributed by atoms with van der Waals surface area (Å²) < 4.78 is 2.28. The second-order valence-corrected chi connectivity index (χ2v) is 39.0. The molecule has 1 aromatic rings. The van der Waals surface area contributed by atoms with E-state index in [0.29, 0.717) is 17.7 Å². The number of nitrogens with two attached hydrogens (primary N) is 1. The number of benzene rings is 1. The number of carbonyl (C=O) groups is 3. The molecule has 0 bridgehead atoms. The van der Waals surface area contributed by atoms with Crippen LogP contribution in [0.3, 0.4) is 0 Å². The van der Waals surface area contributed by atoms with Gasteiger partial charge in [-0.05, 0) is 14.1 Å².